The standard InChI is InChI=1S/C11H12N2S/c1-8-4-3-5-10(7-6-8)11-12-9(2)14-13-11/h3-5,7H,6H2,1-2H3. The average Bonchev–Trinajstić information content (AvgIpc) is 2.46. The summed E-state index contributed by atoms with van der Waals surface area (Å²) < 4.78 is 4.29. The highest BCUT2D eigenvalue weighted by Crippen LogP contribution is 2.19. The number of rotatable bonds is 1. The molecule has 1 aromatic heterocycles. The normalized spacial score (nSPS) is 16.1. The van der Waals surface area contributed by atoms with Crippen molar-refractivity contribution >= 4 is 17.1 Å². The fraction of sp³-hybridized carbons (Fsp3) is 0.273. The molecule has 2 rings (SSSR count). The van der Waals surface area contributed by atoms with Gasteiger partial charge in [0.1, 0.15) is 5.01 Å². The van der Waals surface area contributed by atoms with Crippen LogP contribution in [0.1, 0.15) is 24.2 Å². The lowest BCUT2D eigenvalue weighted by Gasteiger charge is -1.94. The van der Waals surface area contributed by atoms with E-state index in [1.807, 2.05) is 6.92 Å². The molecular formula is C11H12N2S. The van der Waals surface area contributed by atoms with E-state index in [2.05, 4.69) is 40.6 Å². The Bertz CT molecular complexity index is 424. The fourth-order valence-corrected chi connectivity index (χ4v) is 1.80. The molecule has 1 aromatic rings. The molecule has 0 spiro atoms. The van der Waals surface area contributed by atoms with Gasteiger partial charge in [0.2, 0.25) is 0 Å². The molecule has 0 atom stereocenters. The summed E-state index contributed by atoms with van der Waals surface area (Å²) in [6.45, 7) is 4.11. The molecular weight excluding hydrogens is 192 g/mol. The molecule has 0 unspecified atom stereocenters. The largest absolute Gasteiger partial charge is 0.220 e. The summed E-state index contributed by atoms with van der Waals surface area (Å²) in [7, 11) is 0. The average molecular weight is 204 g/mol. The maximum atomic E-state index is 4.37. The summed E-state index contributed by atoms with van der Waals surface area (Å²) in [5.41, 5.74) is 2.49. The van der Waals surface area contributed by atoms with Gasteiger partial charge < -0.3 is 0 Å². The lowest BCUT2D eigenvalue weighted by atomic mass is 10.2. The Labute approximate surface area is 87.9 Å². The SMILES string of the molecule is CC1=CC=CC(c2nsc(C)n2)=CC1. The second kappa shape index (κ2) is 3.88. The number of allylic oxidation sites excluding steroid dienone is 6. The van der Waals surface area contributed by atoms with E-state index in [9.17, 15) is 0 Å². The minimum atomic E-state index is 0.854. The molecule has 0 saturated carbocycles. The van der Waals surface area contributed by atoms with E-state index in [1.165, 1.54) is 17.1 Å². The van der Waals surface area contributed by atoms with Crippen LogP contribution >= 0.6 is 11.5 Å². The summed E-state index contributed by atoms with van der Waals surface area (Å²) in [6, 6.07) is 0. The van der Waals surface area contributed by atoms with Crippen LogP contribution in [0.25, 0.3) is 5.57 Å². The Morgan fingerprint density at radius 3 is 2.93 bits per heavy atom. The van der Waals surface area contributed by atoms with Gasteiger partial charge in [-0.25, -0.2) is 4.98 Å². The molecule has 0 amide bonds. The molecule has 0 N–H and O–H groups in total. The van der Waals surface area contributed by atoms with E-state index in [1.54, 1.807) is 0 Å². The number of aryl methyl sites for hydroxylation is 1. The Kier molecular flexibility index (Phi) is 2.59. The first-order chi connectivity index (χ1) is 6.75. The van der Waals surface area contributed by atoms with E-state index < -0.39 is 0 Å². The molecule has 0 radical (unpaired) electrons. The van der Waals surface area contributed by atoms with Crippen molar-refractivity contribution in [3.05, 3.63) is 40.7 Å². The molecule has 0 aromatic carbocycles. The zero-order valence-electron chi connectivity index (χ0n) is 8.32. The second-order valence-corrected chi connectivity index (χ2v) is 4.33. The van der Waals surface area contributed by atoms with E-state index >= 15 is 0 Å². The molecule has 0 aliphatic heterocycles. The van der Waals surface area contributed by atoms with Crippen LogP contribution in [-0.2, 0) is 0 Å². The number of hydrogen-bond acceptors (Lipinski definition) is 3. The molecule has 1 aliphatic carbocycles. The van der Waals surface area contributed by atoms with Crippen LogP contribution in [0.15, 0.2) is 29.9 Å². The Hall–Kier alpha value is -1.22. The van der Waals surface area contributed by atoms with Crippen molar-refractivity contribution in [2.45, 2.75) is 20.3 Å². The van der Waals surface area contributed by atoms with Crippen molar-refractivity contribution in [1.29, 1.82) is 0 Å². The van der Waals surface area contributed by atoms with Gasteiger partial charge in [-0.15, -0.1) is 0 Å². The van der Waals surface area contributed by atoms with Crippen LogP contribution < -0.4 is 0 Å². The summed E-state index contributed by atoms with van der Waals surface area (Å²) in [6.07, 6.45) is 9.42. The van der Waals surface area contributed by atoms with Gasteiger partial charge in [0, 0.05) is 5.57 Å². The van der Waals surface area contributed by atoms with Gasteiger partial charge in [0.25, 0.3) is 0 Å². The van der Waals surface area contributed by atoms with E-state index in [-0.39, 0.29) is 0 Å². The van der Waals surface area contributed by atoms with Crippen LogP contribution in [-0.4, -0.2) is 9.36 Å². The summed E-state index contributed by atoms with van der Waals surface area (Å²) in [5, 5.41) is 1.02. The van der Waals surface area contributed by atoms with Crippen molar-refractivity contribution < 1.29 is 0 Å². The minimum Gasteiger partial charge on any atom is -0.220 e. The lowest BCUT2D eigenvalue weighted by molar-refractivity contribution is 1.18. The number of hydrogen-bond donors (Lipinski definition) is 0. The molecule has 1 aliphatic rings. The molecule has 0 fully saturated rings. The summed E-state index contributed by atoms with van der Waals surface area (Å²) in [4.78, 5) is 4.37. The van der Waals surface area contributed by atoms with Crippen LogP contribution in [0.3, 0.4) is 0 Å². The monoisotopic (exact) mass is 204 g/mol. The molecule has 1 heterocycles. The Balaban J connectivity index is 2.29. The van der Waals surface area contributed by atoms with Gasteiger partial charge in [-0.2, -0.15) is 4.37 Å². The summed E-state index contributed by atoms with van der Waals surface area (Å²) >= 11 is 1.45. The first-order valence-electron chi connectivity index (χ1n) is 4.60. The molecule has 0 saturated heterocycles. The topological polar surface area (TPSA) is 25.8 Å². The second-order valence-electron chi connectivity index (χ2n) is 3.37. The van der Waals surface area contributed by atoms with Crippen molar-refractivity contribution in [2.24, 2.45) is 0 Å². The van der Waals surface area contributed by atoms with E-state index in [4.69, 9.17) is 0 Å². The third-order valence-electron chi connectivity index (χ3n) is 2.09. The van der Waals surface area contributed by atoms with Gasteiger partial charge in [-0.05, 0) is 31.8 Å². The number of nitrogens with zero attached hydrogens (tertiary/aromatic N) is 2. The van der Waals surface area contributed by atoms with Gasteiger partial charge in [0.15, 0.2) is 5.82 Å². The van der Waals surface area contributed by atoms with Crippen molar-refractivity contribution in [3.8, 4) is 0 Å². The first kappa shape index (κ1) is 9.34. The Morgan fingerprint density at radius 1 is 1.36 bits per heavy atom. The minimum absolute atomic E-state index is 0.854. The van der Waals surface area contributed by atoms with Crippen LogP contribution in [0.2, 0.25) is 0 Å². The van der Waals surface area contributed by atoms with Gasteiger partial charge in [0.05, 0.1) is 0 Å². The third-order valence-corrected chi connectivity index (χ3v) is 2.71. The van der Waals surface area contributed by atoms with Crippen molar-refractivity contribution in [2.75, 3.05) is 0 Å². The smallest absolute Gasteiger partial charge is 0.172 e. The van der Waals surface area contributed by atoms with Gasteiger partial charge in [-0.3, -0.25) is 0 Å². The zero-order valence-corrected chi connectivity index (χ0v) is 9.14. The van der Waals surface area contributed by atoms with Crippen LogP contribution in [0, 0.1) is 6.92 Å². The predicted molar refractivity (Wildman–Crippen MR) is 60.1 cm³/mol. The lowest BCUT2D eigenvalue weighted by Crippen LogP contribution is -1.84. The first-order valence-corrected chi connectivity index (χ1v) is 5.38. The van der Waals surface area contributed by atoms with E-state index in [0.29, 0.717) is 0 Å². The number of aromatic nitrogens is 2. The van der Waals surface area contributed by atoms with Gasteiger partial charge in [-0.1, -0.05) is 29.9 Å². The highest BCUT2D eigenvalue weighted by atomic mass is 32.1. The van der Waals surface area contributed by atoms with Crippen molar-refractivity contribution in [3.63, 3.8) is 0 Å². The molecule has 72 valence electrons. The van der Waals surface area contributed by atoms with E-state index in [0.717, 1.165) is 22.8 Å². The Morgan fingerprint density at radius 2 is 2.21 bits per heavy atom. The molecule has 3 heteroatoms. The van der Waals surface area contributed by atoms with Crippen molar-refractivity contribution in [1.82, 2.24) is 9.36 Å². The van der Waals surface area contributed by atoms with Gasteiger partial charge >= 0.3 is 0 Å². The molecule has 14 heavy (non-hydrogen) atoms. The molecule has 0 bridgehead atoms. The van der Waals surface area contributed by atoms with Crippen LogP contribution in [0.4, 0.5) is 0 Å². The van der Waals surface area contributed by atoms with Crippen LogP contribution in [0.5, 0.6) is 0 Å². The zero-order chi connectivity index (χ0) is 9.97. The quantitative estimate of drug-likeness (QED) is 0.702. The maximum absolute atomic E-state index is 4.37. The fourth-order valence-electron chi connectivity index (χ4n) is 1.31. The highest BCUT2D eigenvalue weighted by molar-refractivity contribution is 7.05. The predicted octanol–water partition coefficient (Wildman–Crippen LogP) is 3.14. The summed E-state index contributed by atoms with van der Waals surface area (Å²) in [5.74, 6) is 0.854. The highest BCUT2D eigenvalue weighted by Gasteiger charge is 2.05. The molecule has 2 nitrogen and oxygen atoms in total. The maximum Gasteiger partial charge on any atom is 0.172 e. The third kappa shape index (κ3) is 1.99.